The number of nitrogens with two attached hydrogens (primary N) is 1. The summed E-state index contributed by atoms with van der Waals surface area (Å²) in [4.78, 5) is 15.7. The third kappa shape index (κ3) is 2.45. The van der Waals surface area contributed by atoms with Crippen LogP contribution in [-0.2, 0) is 4.74 Å². The van der Waals surface area contributed by atoms with E-state index in [2.05, 4.69) is 4.98 Å². The lowest BCUT2D eigenvalue weighted by Crippen LogP contribution is -2.09. The molecule has 6 nitrogen and oxygen atoms in total. The zero-order valence-electron chi connectivity index (χ0n) is 11.7. The molecule has 0 unspecified atom stereocenters. The van der Waals surface area contributed by atoms with Crippen molar-refractivity contribution in [2.75, 3.05) is 19.5 Å². The largest absolute Gasteiger partial charge is 0.495 e. The normalized spacial score (nSPS) is 10.3. The van der Waals surface area contributed by atoms with E-state index in [-0.39, 0.29) is 18.1 Å². The van der Waals surface area contributed by atoms with Crippen LogP contribution in [-0.4, -0.2) is 29.2 Å². The zero-order valence-corrected chi connectivity index (χ0v) is 11.7. The van der Waals surface area contributed by atoms with Crippen molar-refractivity contribution >= 4 is 11.8 Å². The van der Waals surface area contributed by atoms with Gasteiger partial charge in [0.1, 0.15) is 17.9 Å². The van der Waals surface area contributed by atoms with Gasteiger partial charge in [-0.05, 0) is 31.5 Å². The highest BCUT2D eigenvalue weighted by atomic mass is 16.5. The van der Waals surface area contributed by atoms with E-state index in [4.69, 9.17) is 15.2 Å². The number of nitrogen functional groups attached to an aromatic ring is 1. The number of aromatic nitrogens is 2. The number of hydrogen-bond donors (Lipinski definition) is 1. The summed E-state index contributed by atoms with van der Waals surface area (Å²) in [6, 6.07) is 5.68. The molecule has 0 atom stereocenters. The Morgan fingerprint density at radius 3 is 2.85 bits per heavy atom. The second-order valence-corrected chi connectivity index (χ2v) is 4.24. The Labute approximate surface area is 117 Å². The number of methoxy groups -OCH3 is 1. The smallest absolute Gasteiger partial charge is 0.360 e. The summed E-state index contributed by atoms with van der Waals surface area (Å²) in [5.41, 5.74) is 7.87. The predicted octanol–water partition coefficient (Wildman–Crippen LogP) is 1.95. The molecule has 0 saturated heterocycles. The Balaban J connectivity index is 2.49. The van der Waals surface area contributed by atoms with E-state index in [0.29, 0.717) is 5.75 Å². The molecule has 1 heterocycles. The highest BCUT2D eigenvalue weighted by Crippen LogP contribution is 2.27. The topological polar surface area (TPSA) is 79.4 Å². The lowest BCUT2D eigenvalue weighted by molar-refractivity contribution is 0.0521. The summed E-state index contributed by atoms with van der Waals surface area (Å²) >= 11 is 0. The Bertz CT molecular complexity index is 635. The molecule has 0 amide bonds. The van der Waals surface area contributed by atoms with Gasteiger partial charge >= 0.3 is 5.97 Å². The van der Waals surface area contributed by atoms with Crippen LogP contribution in [0, 0.1) is 6.92 Å². The van der Waals surface area contributed by atoms with Gasteiger partial charge in [0.25, 0.3) is 0 Å². The van der Waals surface area contributed by atoms with Crippen molar-refractivity contribution in [3.05, 3.63) is 35.8 Å². The molecule has 6 heteroatoms. The molecule has 0 aliphatic carbocycles. The summed E-state index contributed by atoms with van der Waals surface area (Å²) in [7, 11) is 1.58. The van der Waals surface area contributed by atoms with Crippen LogP contribution in [0.5, 0.6) is 5.75 Å². The average molecular weight is 275 g/mol. The van der Waals surface area contributed by atoms with E-state index in [1.807, 2.05) is 25.1 Å². The molecule has 2 rings (SSSR count). The molecule has 0 radical (unpaired) electrons. The number of ether oxygens (including phenoxy) is 2. The first-order chi connectivity index (χ1) is 9.58. The molecule has 0 spiro atoms. The molecule has 0 saturated carbocycles. The summed E-state index contributed by atoms with van der Waals surface area (Å²) in [5.74, 6) is 0.345. The fourth-order valence-corrected chi connectivity index (χ4v) is 1.89. The number of anilines is 1. The van der Waals surface area contributed by atoms with Gasteiger partial charge in [0.2, 0.25) is 0 Å². The van der Waals surface area contributed by atoms with E-state index < -0.39 is 5.97 Å². The van der Waals surface area contributed by atoms with Gasteiger partial charge in [-0.15, -0.1) is 0 Å². The maximum absolute atomic E-state index is 11.7. The summed E-state index contributed by atoms with van der Waals surface area (Å²) in [5, 5.41) is 0. The van der Waals surface area contributed by atoms with Crippen molar-refractivity contribution in [2.24, 2.45) is 0 Å². The fraction of sp³-hybridized carbons (Fsp3) is 0.286. The van der Waals surface area contributed by atoms with E-state index >= 15 is 0 Å². The van der Waals surface area contributed by atoms with Crippen LogP contribution in [0.2, 0.25) is 0 Å². The number of carbonyl (C=O) groups excluding carboxylic acids is 1. The van der Waals surface area contributed by atoms with Crippen LogP contribution in [0.3, 0.4) is 0 Å². The SMILES string of the molecule is CCOC(=O)c1ncn(-c2cc(C)ccc2OC)c1N. The molecule has 0 bridgehead atoms. The minimum Gasteiger partial charge on any atom is -0.495 e. The molecule has 20 heavy (non-hydrogen) atoms. The van der Waals surface area contributed by atoms with Gasteiger partial charge < -0.3 is 15.2 Å². The number of benzene rings is 1. The fourth-order valence-electron chi connectivity index (χ4n) is 1.89. The molecule has 2 N–H and O–H groups in total. The number of nitrogens with zero attached hydrogens (tertiary/aromatic N) is 2. The number of imidazole rings is 1. The van der Waals surface area contributed by atoms with Crippen molar-refractivity contribution in [1.82, 2.24) is 9.55 Å². The monoisotopic (exact) mass is 275 g/mol. The first-order valence-electron chi connectivity index (χ1n) is 6.23. The summed E-state index contributed by atoms with van der Waals surface area (Å²) < 4.78 is 11.8. The predicted molar refractivity (Wildman–Crippen MR) is 75.2 cm³/mol. The lowest BCUT2D eigenvalue weighted by atomic mass is 10.2. The first kappa shape index (κ1) is 13.9. The lowest BCUT2D eigenvalue weighted by Gasteiger charge is -2.11. The van der Waals surface area contributed by atoms with Crippen LogP contribution in [0.4, 0.5) is 5.82 Å². The highest BCUT2D eigenvalue weighted by molar-refractivity contribution is 5.92. The number of carbonyl (C=O) groups is 1. The van der Waals surface area contributed by atoms with E-state index in [0.717, 1.165) is 11.3 Å². The second kappa shape index (κ2) is 5.64. The number of esters is 1. The Morgan fingerprint density at radius 1 is 1.45 bits per heavy atom. The minimum absolute atomic E-state index is 0.107. The van der Waals surface area contributed by atoms with Crippen molar-refractivity contribution in [3.8, 4) is 11.4 Å². The molecular formula is C14H17N3O3. The first-order valence-corrected chi connectivity index (χ1v) is 6.23. The van der Waals surface area contributed by atoms with Crippen molar-refractivity contribution in [2.45, 2.75) is 13.8 Å². The maximum Gasteiger partial charge on any atom is 0.360 e. The molecule has 0 aliphatic rings. The highest BCUT2D eigenvalue weighted by Gasteiger charge is 2.19. The van der Waals surface area contributed by atoms with Gasteiger partial charge in [0.15, 0.2) is 5.69 Å². The number of hydrogen-bond acceptors (Lipinski definition) is 5. The second-order valence-electron chi connectivity index (χ2n) is 4.24. The van der Waals surface area contributed by atoms with Gasteiger partial charge in [-0.25, -0.2) is 9.78 Å². The van der Waals surface area contributed by atoms with Crippen LogP contribution in [0.15, 0.2) is 24.5 Å². The molecule has 1 aromatic heterocycles. The number of rotatable bonds is 4. The van der Waals surface area contributed by atoms with Gasteiger partial charge in [-0.3, -0.25) is 4.57 Å². The van der Waals surface area contributed by atoms with Gasteiger partial charge in [0, 0.05) is 0 Å². The molecule has 0 fully saturated rings. The number of aryl methyl sites for hydroxylation is 1. The Kier molecular flexibility index (Phi) is 3.93. The molecule has 1 aromatic carbocycles. The summed E-state index contributed by atoms with van der Waals surface area (Å²) in [6.45, 7) is 3.97. The van der Waals surface area contributed by atoms with Crippen LogP contribution < -0.4 is 10.5 Å². The average Bonchev–Trinajstić information content (AvgIpc) is 2.80. The van der Waals surface area contributed by atoms with E-state index in [1.165, 1.54) is 6.33 Å². The van der Waals surface area contributed by atoms with Gasteiger partial charge in [-0.2, -0.15) is 0 Å². The van der Waals surface area contributed by atoms with Crippen molar-refractivity contribution < 1.29 is 14.3 Å². The third-order valence-corrected chi connectivity index (χ3v) is 2.87. The van der Waals surface area contributed by atoms with Crippen LogP contribution in [0.25, 0.3) is 5.69 Å². The minimum atomic E-state index is -0.532. The van der Waals surface area contributed by atoms with Crippen molar-refractivity contribution in [1.29, 1.82) is 0 Å². The van der Waals surface area contributed by atoms with Gasteiger partial charge in [0.05, 0.1) is 19.4 Å². The Morgan fingerprint density at radius 2 is 2.20 bits per heavy atom. The maximum atomic E-state index is 11.7. The quantitative estimate of drug-likeness (QED) is 0.863. The van der Waals surface area contributed by atoms with Crippen LogP contribution >= 0.6 is 0 Å². The summed E-state index contributed by atoms with van der Waals surface area (Å²) in [6.07, 6.45) is 1.48. The molecule has 2 aromatic rings. The van der Waals surface area contributed by atoms with Crippen LogP contribution in [0.1, 0.15) is 23.0 Å². The van der Waals surface area contributed by atoms with E-state index in [1.54, 1.807) is 18.6 Å². The molecule has 106 valence electrons. The zero-order chi connectivity index (χ0) is 14.7. The van der Waals surface area contributed by atoms with E-state index in [9.17, 15) is 4.79 Å². The van der Waals surface area contributed by atoms with Gasteiger partial charge in [-0.1, -0.05) is 6.07 Å². The third-order valence-electron chi connectivity index (χ3n) is 2.87. The van der Waals surface area contributed by atoms with Crippen molar-refractivity contribution in [3.63, 3.8) is 0 Å². The standard InChI is InChI=1S/C14H17N3O3/c1-4-20-14(18)12-13(15)17(8-16-12)10-7-9(2)5-6-11(10)19-3/h5-8H,4,15H2,1-3H3. The molecule has 0 aliphatic heterocycles. The molecular weight excluding hydrogens is 258 g/mol. The Hall–Kier alpha value is -2.50.